The number of benzene rings is 2. The van der Waals surface area contributed by atoms with Gasteiger partial charge >= 0.3 is 0 Å². The van der Waals surface area contributed by atoms with Gasteiger partial charge in [0.05, 0.1) is 10.0 Å². The highest BCUT2D eigenvalue weighted by Gasteiger charge is 2.36. The molecule has 0 spiro atoms. The van der Waals surface area contributed by atoms with Crippen molar-refractivity contribution in [2.45, 2.75) is 19.0 Å². The van der Waals surface area contributed by atoms with Gasteiger partial charge in [0.15, 0.2) is 0 Å². The molecule has 2 aromatic rings. The number of rotatable bonds is 2. The molecule has 0 aromatic heterocycles. The Kier molecular flexibility index (Phi) is 4.25. The van der Waals surface area contributed by atoms with Crippen molar-refractivity contribution in [3.8, 4) is 0 Å². The van der Waals surface area contributed by atoms with Gasteiger partial charge in [-0.15, -0.1) is 0 Å². The molecule has 3 nitrogen and oxygen atoms in total. The average Bonchev–Trinajstić information content (AvgIpc) is 2.58. The van der Waals surface area contributed by atoms with Gasteiger partial charge in [0.1, 0.15) is 0 Å². The van der Waals surface area contributed by atoms with E-state index in [0.29, 0.717) is 15.6 Å². The van der Waals surface area contributed by atoms with Crippen LogP contribution in [0.4, 0.5) is 0 Å². The molecule has 5 heteroatoms. The molecule has 1 amide bonds. The van der Waals surface area contributed by atoms with Crippen molar-refractivity contribution in [1.82, 2.24) is 9.80 Å². The van der Waals surface area contributed by atoms with E-state index in [1.165, 1.54) is 5.56 Å². The van der Waals surface area contributed by atoms with Crippen LogP contribution in [0, 0.1) is 0 Å². The van der Waals surface area contributed by atoms with Gasteiger partial charge in [0.2, 0.25) is 0 Å². The Labute approximate surface area is 151 Å². The lowest BCUT2D eigenvalue weighted by Crippen LogP contribution is -2.57. The topological polar surface area (TPSA) is 23.6 Å². The Balaban J connectivity index is 1.54. The minimum Gasteiger partial charge on any atom is -0.333 e. The zero-order chi connectivity index (χ0) is 16.7. The third-order valence-electron chi connectivity index (χ3n) is 4.91. The molecule has 24 heavy (non-hydrogen) atoms. The molecule has 2 heterocycles. The Hall–Kier alpha value is -1.55. The van der Waals surface area contributed by atoms with Crippen LogP contribution in [0.1, 0.15) is 21.5 Å². The molecular weight excluding hydrogens is 343 g/mol. The monoisotopic (exact) mass is 360 g/mol. The summed E-state index contributed by atoms with van der Waals surface area (Å²) in [5.41, 5.74) is 3.03. The van der Waals surface area contributed by atoms with Gasteiger partial charge < -0.3 is 4.90 Å². The number of hydrogen-bond acceptors (Lipinski definition) is 2. The molecule has 2 aliphatic rings. The first-order chi connectivity index (χ1) is 11.6. The SMILES string of the molecule is O=C1c2cc(Cl)c(Cl)cc2CC2CN(Cc3ccccc3)CCN12. The Morgan fingerprint density at radius 3 is 2.58 bits per heavy atom. The second-order valence-corrected chi connectivity index (χ2v) is 7.32. The molecule has 0 radical (unpaired) electrons. The molecule has 1 fully saturated rings. The average molecular weight is 361 g/mol. The Morgan fingerprint density at radius 1 is 1.04 bits per heavy atom. The first-order valence-corrected chi connectivity index (χ1v) is 8.92. The molecular formula is C19H18Cl2N2O. The maximum Gasteiger partial charge on any atom is 0.254 e. The molecule has 4 rings (SSSR count). The number of hydrogen-bond donors (Lipinski definition) is 0. The van der Waals surface area contributed by atoms with E-state index in [1.54, 1.807) is 6.07 Å². The summed E-state index contributed by atoms with van der Waals surface area (Å²) < 4.78 is 0. The number of carbonyl (C=O) groups is 1. The molecule has 2 aromatic carbocycles. The number of halogens is 2. The lowest BCUT2D eigenvalue weighted by atomic mass is 9.91. The minimum atomic E-state index is 0.0826. The summed E-state index contributed by atoms with van der Waals surface area (Å²) in [6, 6.07) is 14.2. The normalized spacial score (nSPS) is 20.7. The van der Waals surface area contributed by atoms with Crippen LogP contribution in [-0.4, -0.2) is 41.4 Å². The van der Waals surface area contributed by atoms with E-state index in [0.717, 1.165) is 38.2 Å². The molecule has 0 bridgehead atoms. The van der Waals surface area contributed by atoms with Gasteiger partial charge in [0, 0.05) is 37.8 Å². The molecule has 1 unspecified atom stereocenters. The highest BCUT2D eigenvalue weighted by atomic mass is 35.5. The largest absolute Gasteiger partial charge is 0.333 e. The lowest BCUT2D eigenvalue weighted by molar-refractivity contribution is 0.0402. The standard InChI is InChI=1S/C19H18Cl2N2O/c20-17-9-14-8-15-12-22(11-13-4-2-1-3-5-13)6-7-23(15)19(24)16(14)10-18(17)21/h1-5,9-10,15H,6-8,11-12H2. The number of carbonyl (C=O) groups excluding carboxylic acids is 1. The third-order valence-corrected chi connectivity index (χ3v) is 5.63. The van der Waals surface area contributed by atoms with E-state index in [2.05, 4.69) is 29.2 Å². The molecule has 0 saturated carbocycles. The number of amides is 1. The van der Waals surface area contributed by atoms with Crippen molar-refractivity contribution in [2.24, 2.45) is 0 Å². The summed E-state index contributed by atoms with van der Waals surface area (Å²) in [7, 11) is 0. The van der Waals surface area contributed by atoms with Crippen LogP contribution < -0.4 is 0 Å². The second kappa shape index (κ2) is 6.40. The van der Waals surface area contributed by atoms with Crippen LogP contribution in [0.3, 0.4) is 0 Å². The van der Waals surface area contributed by atoms with Gasteiger partial charge in [-0.2, -0.15) is 0 Å². The zero-order valence-electron chi connectivity index (χ0n) is 13.2. The summed E-state index contributed by atoms with van der Waals surface area (Å²) in [6.45, 7) is 3.47. The molecule has 0 N–H and O–H groups in total. The van der Waals surface area contributed by atoms with Gasteiger partial charge in [-0.3, -0.25) is 9.69 Å². The first-order valence-electron chi connectivity index (χ1n) is 8.17. The van der Waals surface area contributed by atoms with Crippen molar-refractivity contribution in [2.75, 3.05) is 19.6 Å². The van der Waals surface area contributed by atoms with Crippen molar-refractivity contribution < 1.29 is 4.79 Å². The summed E-state index contributed by atoms with van der Waals surface area (Å²) in [4.78, 5) is 17.2. The first kappa shape index (κ1) is 15.9. The fourth-order valence-corrected chi connectivity index (χ4v) is 4.06. The Morgan fingerprint density at radius 2 is 1.79 bits per heavy atom. The quantitative estimate of drug-likeness (QED) is 0.811. The molecule has 1 saturated heterocycles. The number of piperazine rings is 1. The third kappa shape index (κ3) is 2.92. The van der Waals surface area contributed by atoms with Crippen LogP contribution >= 0.6 is 23.2 Å². The van der Waals surface area contributed by atoms with Gasteiger partial charge in [-0.25, -0.2) is 0 Å². The fourth-order valence-electron chi connectivity index (χ4n) is 3.71. The van der Waals surface area contributed by atoms with Crippen LogP contribution in [0.25, 0.3) is 0 Å². The van der Waals surface area contributed by atoms with Crippen LogP contribution in [-0.2, 0) is 13.0 Å². The maximum absolute atomic E-state index is 12.8. The zero-order valence-corrected chi connectivity index (χ0v) is 14.7. The fraction of sp³-hybridized carbons (Fsp3) is 0.316. The second-order valence-electron chi connectivity index (χ2n) is 6.50. The summed E-state index contributed by atoms with van der Waals surface area (Å²) >= 11 is 12.2. The summed E-state index contributed by atoms with van der Waals surface area (Å²) in [6.07, 6.45) is 0.837. The molecule has 2 aliphatic heterocycles. The smallest absolute Gasteiger partial charge is 0.254 e. The maximum atomic E-state index is 12.8. The van der Waals surface area contributed by atoms with Crippen molar-refractivity contribution >= 4 is 29.1 Å². The summed E-state index contributed by atoms with van der Waals surface area (Å²) in [5.74, 6) is 0.0826. The number of nitrogens with zero attached hydrogens (tertiary/aromatic N) is 2. The van der Waals surface area contributed by atoms with Crippen LogP contribution in [0.2, 0.25) is 10.0 Å². The molecule has 124 valence electrons. The van der Waals surface area contributed by atoms with Gasteiger partial charge in [0.25, 0.3) is 5.91 Å². The number of fused-ring (bicyclic) bond motifs is 2. The van der Waals surface area contributed by atoms with E-state index in [4.69, 9.17) is 23.2 Å². The van der Waals surface area contributed by atoms with Gasteiger partial charge in [-0.1, -0.05) is 53.5 Å². The lowest BCUT2D eigenvalue weighted by Gasteiger charge is -2.44. The van der Waals surface area contributed by atoms with Crippen molar-refractivity contribution in [1.29, 1.82) is 0 Å². The molecule has 1 atom stereocenters. The van der Waals surface area contributed by atoms with E-state index in [9.17, 15) is 4.79 Å². The summed E-state index contributed by atoms with van der Waals surface area (Å²) in [5, 5.41) is 0.971. The van der Waals surface area contributed by atoms with Crippen LogP contribution in [0.15, 0.2) is 42.5 Å². The van der Waals surface area contributed by atoms with E-state index in [-0.39, 0.29) is 11.9 Å². The molecule has 0 aliphatic carbocycles. The van der Waals surface area contributed by atoms with Crippen LogP contribution in [0.5, 0.6) is 0 Å². The predicted molar refractivity (Wildman–Crippen MR) is 96.7 cm³/mol. The highest BCUT2D eigenvalue weighted by Crippen LogP contribution is 2.32. The van der Waals surface area contributed by atoms with Crippen molar-refractivity contribution in [3.63, 3.8) is 0 Å². The van der Waals surface area contributed by atoms with Gasteiger partial charge in [-0.05, 0) is 29.7 Å². The highest BCUT2D eigenvalue weighted by molar-refractivity contribution is 6.42. The predicted octanol–water partition coefficient (Wildman–Crippen LogP) is 3.88. The van der Waals surface area contributed by atoms with E-state index in [1.807, 2.05) is 17.0 Å². The van der Waals surface area contributed by atoms with Crippen molar-refractivity contribution in [3.05, 3.63) is 69.2 Å². The Bertz CT molecular complexity index is 778. The van der Waals surface area contributed by atoms with E-state index >= 15 is 0 Å². The minimum absolute atomic E-state index is 0.0826. The van der Waals surface area contributed by atoms with E-state index < -0.39 is 0 Å².